The number of carbonyl (C=O) groups excluding carboxylic acids is 1. The highest BCUT2D eigenvalue weighted by Gasteiger charge is 2.28. The number of ether oxygens (including phenoxy) is 2. The molecule has 2 aromatic rings. The van der Waals surface area contributed by atoms with E-state index in [1.807, 2.05) is 0 Å². The van der Waals surface area contributed by atoms with Gasteiger partial charge >= 0.3 is 0 Å². The summed E-state index contributed by atoms with van der Waals surface area (Å²) in [4.78, 5) is 18.8. The predicted octanol–water partition coefficient (Wildman–Crippen LogP) is 4.79. The Kier molecular flexibility index (Phi) is 7.12. The number of aromatic nitrogens is 1. The SMILES string of the molecule is COc1cc(N)ncc1C1CCN(C(=O)c2ccc(OCC3CCCCC3)cc2F)CC1. The highest BCUT2D eigenvalue weighted by Crippen LogP contribution is 2.35. The van der Waals surface area contributed by atoms with Gasteiger partial charge in [0.2, 0.25) is 0 Å². The van der Waals surface area contributed by atoms with Crippen LogP contribution in [-0.4, -0.2) is 42.6 Å². The fraction of sp³-hybridized carbons (Fsp3) is 0.520. The van der Waals surface area contributed by atoms with Crippen LogP contribution in [0.1, 0.15) is 66.8 Å². The second-order valence-corrected chi connectivity index (χ2v) is 8.87. The largest absolute Gasteiger partial charge is 0.496 e. The van der Waals surface area contributed by atoms with Crippen molar-refractivity contribution in [2.75, 3.05) is 32.5 Å². The molecule has 32 heavy (non-hydrogen) atoms. The van der Waals surface area contributed by atoms with Gasteiger partial charge in [-0.25, -0.2) is 9.37 Å². The molecule has 1 aromatic heterocycles. The average molecular weight is 442 g/mol. The summed E-state index contributed by atoms with van der Waals surface area (Å²) >= 11 is 0. The van der Waals surface area contributed by atoms with Gasteiger partial charge in [-0.1, -0.05) is 19.3 Å². The molecule has 4 rings (SSSR count). The number of hydrogen-bond donors (Lipinski definition) is 1. The predicted molar refractivity (Wildman–Crippen MR) is 122 cm³/mol. The van der Waals surface area contributed by atoms with Gasteiger partial charge in [-0.15, -0.1) is 0 Å². The number of likely N-dealkylation sites (tertiary alicyclic amines) is 1. The normalized spacial score (nSPS) is 17.9. The van der Waals surface area contributed by atoms with E-state index in [1.165, 1.54) is 38.2 Å². The number of nitrogens with two attached hydrogens (primary N) is 1. The van der Waals surface area contributed by atoms with Gasteiger partial charge in [0.05, 0.1) is 19.3 Å². The van der Waals surface area contributed by atoms with Crippen LogP contribution >= 0.6 is 0 Å². The first-order chi connectivity index (χ1) is 15.5. The van der Waals surface area contributed by atoms with Crippen LogP contribution in [0.15, 0.2) is 30.5 Å². The van der Waals surface area contributed by atoms with Crippen molar-refractivity contribution < 1.29 is 18.7 Å². The van der Waals surface area contributed by atoms with Crippen LogP contribution in [0, 0.1) is 11.7 Å². The monoisotopic (exact) mass is 441 g/mol. The summed E-state index contributed by atoms with van der Waals surface area (Å²) in [6.07, 6.45) is 9.41. The summed E-state index contributed by atoms with van der Waals surface area (Å²) in [5, 5.41) is 0. The third-order valence-corrected chi connectivity index (χ3v) is 6.74. The zero-order valence-corrected chi connectivity index (χ0v) is 18.7. The Morgan fingerprint density at radius 3 is 2.59 bits per heavy atom. The Labute approximate surface area is 188 Å². The van der Waals surface area contributed by atoms with Crippen molar-refractivity contribution >= 4 is 11.7 Å². The van der Waals surface area contributed by atoms with E-state index >= 15 is 0 Å². The first-order valence-electron chi connectivity index (χ1n) is 11.6. The van der Waals surface area contributed by atoms with E-state index in [0.29, 0.717) is 37.2 Å². The summed E-state index contributed by atoms with van der Waals surface area (Å²) in [5.41, 5.74) is 6.85. The summed E-state index contributed by atoms with van der Waals surface area (Å²) in [7, 11) is 1.61. The number of halogens is 1. The van der Waals surface area contributed by atoms with Crippen molar-refractivity contribution in [3.8, 4) is 11.5 Å². The molecule has 0 bridgehead atoms. The Hall–Kier alpha value is -2.83. The summed E-state index contributed by atoms with van der Waals surface area (Å²) in [5.74, 6) is 1.60. The van der Waals surface area contributed by atoms with Crippen LogP contribution in [0.4, 0.5) is 10.2 Å². The van der Waals surface area contributed by atoms with E-state index in [2.05, 4.69) is 4.98 Å². The highest BCUT2D eigenvalue weighted by molar-refractivity contribution is 5.94. The third kappa shape index (κ3) is 5.14. The van der Waals surface area contributed by atoms with Gasteiger partial charge < -0.3 is 20.1 Å². The molecular weight excluding hydrogens is 409 g/mol. The molecule has 1 saturated heterocycles. The Bertz CT molecular complexity index is 938. The van der Waals surface area contributed by atoms with Crippen LogP contribution < -0.4 is 15.2 Å². The maximum Gasteiger partial charge on any atom is 0.256 e. The van der Waals surface area contributed by atoms with Crippen molar-refractivity contribution in [1.82, 2.24) is 9.88 Å². The minimum atomic E-state index is -0.525. The minimum Gasteiger partial charge on any atom is -0.496 e. The van der Waals surface area contributed by atoms with Crippen LogP contribution in [0.25, 0.3) is 0 Å². The van der Waals surface area contributed by atoms with Crippen LogP contribution in [0.2, 0.25) is 0 Å². The number of rotatable bonds is 6. The van der Waals surface area contributed by atoms with Gasteiger partial charge in [0.25, 0.3) is 5.91 Å². The van der Waals surface area contributed by atoms with Gasteiger partial charge in [-0.3, -0.25) is 4.79 Å². The molecule has 7 heteroatoms. The number of carbonyl (C=O) groups is 1. The zero-order chi connectivity index (χ0) is 22.5. The number of methoxy groups -OCH3 is 1. The summed E-state index contributed by atoms with van der Waals surface area (Å²) in [6, 6.07) is 6.32. The Morgan fingerprint density at radius 1 is 1.16 bits per heavy atom. The Morgan fingerprint density at radius 2 is 1.91 bits per heavy atom. The molecule has 1 amide bonds. The van der Waals surface area contributed by atoms with E-state index < -0.39 is 5.82 Å². The van der Waals surface area contributed by atoms with E-state index in [0.717, 1.165) is 24.2 Å². The summed E-state index contributed by atoms with van der Waals surface area (Å²) in [6.45, 7) is 1.72. The lowest BCUT2D eigenvalue weighted by Gasteiger charge is -2.32. The van der Waals surface area contributed by atoms with E-state index in [4.69, 9.17) is 15.2 Å². The second-order valence-electron chi connectivity index (χ2n) is 8.87. The maximum atomic E-state index is 14.7. The van der Waals surface area contributed by atoms with Gasteiger partial charge in [0.15, 0.2) is 0 Å². The number of benzene rings is 1. The molecule has 1 saturated carbocycles. The first kappa shape index (κ1) is 22.4. The fourth-order valence-corrected chi connectivity index (χ4v) is 4.84. The molecule has 0 spiro atoms. The molecule has 0 unspecified atom stereocenters. The molecule has 1 aliphatic heterocycles. The lowest BCUT2D eigenvalue weighted by atomic mass is 9.89. The molecule has 2 heterocycles. The van der Waals surface area contributed by atoms with Crippen molar-refractivity contribution in [3.63, 3.8) is 0 Å². The van der Waals surface area contributed by atoms with Crippen LogP contribution in [0.3, 0.4) is 0 Å². The molecule has 1 aromatic carbocycles. The lowest BCUT2D eigenvalue weighted by molar-refractivity contribution is 0.0707. The molecule has 172 valence electrons. The molecule has 6 nitrogen and oxygen atoms in total. The molecule has 0 radical (unpaired) electrons. The van der Waals surface area contributed by atoms with E-state index in [-0.39, 0.29) is 17.4 Å². The van der Waals surface area contributed by atoms with E-state index in [9.17, 15) is 9.18 Å². The first-order valence-corrected chi connectivity index (χ1v) is 11.6. The third-order valence-electron chi connectivity index (χ3n) is 6.74. The smallest absolute Gasteiger partial charge is 0.256 e. The molecule has 1 aliphatic carbocycles. The molecule has 0 atom stereocenters. The number of pyridine rings is 1. The van der Waals surface area contributed by atoms with Crippen molar-refractivity contribution in [3.05, 3.63) is 47.4 Å². The lowest BCUT2D eigenvalue weighted by Crippen LogP contribution is -2.38. The van der Waals surface area contributed by atoms with Crippen molar-refractivity contribution in [1.29, 1.82) is 0 Å². The second kappa shape index (κ2) is 10.2. The fourth-order valence-electron chi connectivity index (χ4n) is 4.84. The summed E-state index contributed by atoms with van der Waals surface area (Å²) < 4.78 is 26.0. The number of anilines is 1. The van der Waals surface area contributed by atoms with Crippen LogP contribution in [0.5, 0.6) is 11.5 Å². The van der Waals surface area contributed by atoms with Gasteiger partial charge in [0, 0.05) is 37.0 Å². The molecule has 2 aliphatic rings. The highest BCUT2D eigenvalue weighted by atomic mass is 19.1. The molecule has 2 fully saturated rings. The maximum absolute atomic E-state index is 14.7. The molecular formula is C25H32FN3O3. The number of amides is 1. The number of hydrogen-bond acceptors (Lipinski definition) is 5. The van der Waals surface area contributed by atoms with Gasteiger partial charge in [0.1, 0.15) is 23.1 Å². The standard InChI is InChI=1S/C25H32FN3O3/c1-31-23-14-24(27)28-15-21(23)18-9-11-29(12-10-18)25(30)20-8-7-19(13-22(20)26)32-16-17-5-3-2-4-6-17/h7-8,13-15,17-18H,2-6,9-12,16H2,1H3,(H2,27,28). The molecule has 2 N–H and O–H groups in total. The minimum absolute atomic E-state index is 0.0974. The Balaban J connectivity index is 1.34. The van der Waals surface area contributed by atoms with Crippen molar-refractivity contribution in [2.45, 2.75) is 50.9 Å². The zero-order valence-electron chi connectivity index (χ0n) is 18.7. The van der Waals surface area contributed by atoms with Crippen LogP contribution in [-0.2, 0) is 0 Å². The number of nitrogen functional groups attached to an aromatic ring is 1. The number of nitrogens with zero attached hydrogens (tertiary/aromatic N) is 2. The number of piperidine rings is 1. The van der Waals surface area contributed by atoms with Gasteiger partial charge in [-0.2, -0.15) is 0 Å². The van der Waals surface area contributed by atoms with Gasteiger partial charge in [-0.05, 0) is 49.7 Å². The van der Waals surface area contributed by atoms with E-state index in [1.54, 1.807) is 36.4 Å². The quantitative estimate of drug-likeness (QED) is 0.697. The van der Waals surface area contributed by atoms with Crippen molar-refractivity contribution in [2.24, 2.45) is 5.92 Å². The topological polar surface area (TPSA) is 77.7 Å². The average Bonchev–Trinajstić information content (AvgIpc) is 2.83.